The number of carbonyl (C=O) groups is 2. The highest BCUT2D eigenvalue weighted by atomic mass is 16.2. The van der Waals surface area contributed by atoms with Crippen LogP contribution in [-0.2, 0) is 11.3 Å². The minimum atomic E-state index is -0.195. The topological polar surface area (TPSA) is 61.4 Å². The van der Waals surface area contributed by atoms with Crippen LogP contribution < -0.4 is 15.5 Å². The molecule has 0 radical (unpaired) electrons. The molecular formula is C27H29N3O2. The molecule has 3 aromatic carbocycles. The second-order valence-electron chi connectivity index (χ2n) is 8.30. The van der Waals surface area contributed by atoms with Crippen molar-refractivity contribution in [2.24, 2.45) is 5.92 Å². The number of rotatable bonds is 6. The van der Waals surface area contributed by atoms with Crippen molar-refractivity contribution in [1.82, 2.24) is 5.32 Å². The lowest BCUT2D eigenvalue weighted by molar-refractivity contribution is -0.120. The average molecular weight is 428 g/mol. The van der Waals surface area contributed by atoms with E-state index in [0.29, 0.717) is 17.8 Å². The Balaban J connectivity index is 1.34. The van der Waals surface area contributed by atoms with Crippen LogP contribution in [0, 0.1) is 12.8 Å². The molecule has 0 aliphatic carbocycles. The van der Waals surface area contributed by atoms with E-state index in [1.807, 2.05) is 42.5 Å². The minimum absolute atomic E-state index is 0.0168. The average Bonchev–Trinajstić information content (AvgIpc) is 2.84. The highest BCUT2D eigenvalue weighted by Gasteiger charge is 2.26. The highest BCUT2D eigenvalue weighted by molar-refractivity contribution is 6.04. The molecule has 0 bridgehead atoms. The summed E-state index contributed by atoms with van der Waals surface area (Å²) in [6.45, 7) is 4.22. The number of hydrogen-bond donors (Lipinski definition) is 2. The third-order valence-corrected chi connectivity index (χ3v) is 5.99. The Morgan fingerprint density at radius 3 is 2.25 bits per heavy atom. The van der Waals surface area contributed by atoms with Gasteiger partial charge in [-0.25, -0.2) is 0 Å². The van der Waals surface area contributed by atoms with Gasteiger partial charge in [0.25, 0.3) is 5.91 Å². The summed E-state index contributed by atoms with van der Waals surface area (Å²) < 4.78 is 0. The molecule has 164 valence electrons. The molecule has 32 heavy (non-hydrogen) atoms. The van der Waals surface area contributed by atoms with Crippen molar-refractivity contribution in [3.05, 3.63) is 95.6 Å². The number of piperidine rings is 1. The Morgan fingerprint density at radius 2 is 1.53 bits per heavy atom. The van der Waals surface area contributed by atoms with Crippen LogP contribution in [0.5, 0.6) is 0 Å². The number of benzene rings is 3. The van der Waals surface area contributed by atoms with Gasteiger partial charge in [0.1, 0.15) is 0 Å². The van der Waals surface area contributed by atoms with Gasteiger partial charge in [-0.05, 0) is 49.6 Å². The van der Waals surface area contributed by atoms with Crippen molar-refractivity contribution in [3.8, 4) is 0 Å². The Bertz CT molecular complexity index is 1060. The lowest BCUT2D eigenvalue weighted by Crippen LogP contribution is -2.38. The normalized spacial score (nSPS) is 14.1. The number of aryl methyl sites for hydroxylation is 1. The maximum Gasteiger partial charge on any atom is 0.253 e. The van der Waals surface area contributed by atoms with Gasteiger partial charge in [0.05, 0.1) is 11.3 Å². The maximum atomic E-state index is 12.9. The van der Waals surface area contributed by atoms with E-state index in [2.05, 4.69) is 46.7 Å². The van der Waals surface area contributed by atoms with Crippen molar-refractivity contribution < 1.29 is 9.59 Å². The summed E-state index contributed by atoms with van der Waals surface area (Å²) in [5, 5.41) is 5.94. The monoisotopic (exact) mass is 427 g/mol. The first-order valence-corrected chi connectivity index (χ1v) is 11.1. The van der Waals surface area contributed by atoms with E-state index in [9.17, 15) is 9.59 Å². The molecule has 2 N–H and O–H groups in total. The van der Waals surface area contributed by atoms with Crippen molar-refractivity contribution in [3.63, 3.8) is 0 Å². The molecule has 2 amide bonds. The SMILES string of the molecule is Cc1ccc(N2CCC(C(=O)Nc3ccccc3C(=O)NCc3ccccc3)CC2)cc1. The lowest BCUT2D eigenvalue weighted by Gasteiger charge is -2.33. The summed E-state index contributed by atoms with van der Waals surface area (Å²) in [7, 11) is 0. The molecule has 1 heterocycles. The van der Waals surface area contributed by atoms with E-state index in [4.69, 9.17) is 0 Å². The zero-order valence-corrected chi connectivity index (χ0v) is 18.4. The van der Waals surface area contributed by atoms with Crippen LogP contribution in [0.2, 0.25) is 0 Å². The van der Waals surface area contributed by atoms with Crippen LogP contribution in [0.25, 0.3) is 0 Å². The van der Waals surface area contributed by atoms with Crippen molar-refractivity contribution in [2.45, 2.75) is 26.3 Å². The number of nitrogens with one attached hydrogen (secondary N) is 2. The number of para-hydroxylation sites is 1. The Hall–Kier alpha value is -3.60. The molecule has 1 aliphatic rings. The van der Waals surface area contributed by atoms with Crippen LogP contribution in [-0.4, -0.2) is 24.9 Å². The van der Waals surface area contributed by atoms with Crippen molar-refractivity contribution >= 4 is 23.2 Å². The van der Waals surface area contributed by atoms with Gasteiger partial charge >= 0.3 is 0 Å². The van der Waals surface area contributed by atoms with Crippen LogP contribution in [0.15, 0.2) is 78.9 Å². The molecule has 1 saturated heterocycles. The first-order chi connectivity index (χ1) is 15.6. The fourth-order valence-electron chi connectivity index (χ4n) is 4.05. The van der Waals surface area contributed by atoms with E-state index < -0.39 is 0 Å². The summed E-state index contributed by atoms with van der Waals surface area (Å²) in [5.74, 6) is -0.270. The van der Waals surface area contributed by atoms with Gasteiger partial charge in [-0.1, -0.05) is 60.2 Å². The molecule has 5 nitrogen and oxygen atoms in total. The quantitative estimate of drug-likeness (QED) is 0.595. The number of anilines is 2. The van der Waals surface area contributed by atoms with Gasteiger partial charge in [0, 0.05) is 31.2 Å². The van der Waals surface area contributed by atoms with E-state index in [1.54, 1.807) is 12.1 Å². The fraction of sp³-hybridized carbons (Fsp3) is 0.259. The van der Waals surface area contributed by atoms with Gasteiger partial charge in [-0.3, -0.25) is 9.59 Å². The molecule has 0 atom stereocenters. The Labute approximate surface area is 189 Å². The van der Waals surface area contributed by atoms with Crippen molar-refractivity contribution in [1.29, 1.82) is 0 Å². The highest BCUT2D eigenvalue weighted by Crippen LogP contribution is 2.25. The van der Waals surface area contributed by atoms with E-state index in [1.165, 1.54) is 11.3 Å². The van der Waals surface area contributed by atoms with Crippen molar-refractivity contribution in [2.75, 3.05) is 23.3 Å². The zero-order valence-electron chi connectivity index (χ0n) is 18.4. The number of amides is 2. The number of hydrogen-bond acceptors (Lipinski definition) is 3. The molecule has 0 aromatic heterocycles. The van der Waals surface area contributed by atoms with E-state index >= 15 is 0 Å². The van der Waals surface area contributed by atoms with Crippen LogP contribution >= 0.6 is 0 Å². The van der Waals surface area contributed by atoms with Crippen LogP contribution in [0.3, 0.4) is 0 Å². The fourth-order valence-corrected chi connectivity index (χ4v) is 4.05. The smallest absolute Gasteiger partial charge is 0.253 e. The molecule has 3 aromatic rings. The second kappa shape index (κ2) is 10.1. The second-order valence-corrected chi connectivity index (χ2v) is 8.30. The number of nitrogens with zero attached hydrogens (tertiary/aromatic N) is 1. The van der Waals surface area contributed by atoms with Gasteiger partial charge in [-0.2, -0.15) is 0 Å². The lowest BCUT2D eigenvalue weighted by atomic mass is 9.95. The predicted molar refractivity (Wildman–Crippen MR) is 129 cm³/mol. The molecular weight excluding hydrogens is 398 g/mol. The molecule has 0 saturated carbocycles. The summed E-state index contributed by atoms with van der Waals surface area (Å²) in [4.78, 5) is 28.0. The number of carbonyl (C=O) groups excluding carboxylic acids is 2. The summed E-state index contributed by atoms with van der Waals surface area (Å²) in [6.07, 6.45) is 1.59. The van der Waals surface area contributed by atoms with Gasteiger partial charge in [-0.15, -0.1) is 0 Å². The maximum absolute atomic E-state index is 12.9. The van der Waals surface area contributed by atoms with Gasteiger partial charge in [0.2, 0.25) is 5.91 Å². The summed E-state index contributed by atoms with van der Waals surface area (Å²) in [6, 6.07) is 25.5. The van der Waals surface area contributed by atoms with Crippen LogP contribution in [0.4, 0.5) is 11.4 Å². The third-order valence-electron chi connectivity index (χ3n) is 5.99. The van der Waals surface area contributed by atoms with E-state index in [0.717, 1.165) is 31.5 Å². The van der Waals surface area contributed by atoms with Crippen LogP contribution in [0.1, 0.15) is 34.3 Å². The Morgan fingerprint density at radius 1 is 0.875 bits per heavy atom. The summed E-state index contributed by atoms with van der Waals surface area (Å²) >= 11 is 0. The minimum Gasteiger partial charge on any atom is -0.371 e. The largest absolute Gasteiger partial charge is 0.371 e. The predicted octanol–water partition coefficient (Wildman–Crippen LogP) is 4.78. The molecule has 0 spiro atoms. The first-order valence-electron chi connectivity index (χ1n) is 11.1. The third kappa shape index (κ3) is 5.35. The Kier molecular flexibility index (Phi) is 6.85. The molecule has 1 aliphatic heterocycles. The molecule has 4 rings (SSSR count). The molecule has 1 fully saturated rings. The zero-order chi connectivity index (χ0) is 22.3. The van der Waals surface area contributed by atoms with Gasteiger partial charge < -0.3 is 15.5 Å². The van der Waals surface area contributed by atoms with Gasteiger partial charge in [0.15, 0.2) is 0 Å². The molecule has 5 heteroatoms. The molecule has 0 unspecified atom stereocenters. The summed E-state index contributed by atoms with van der Waals surface area (Å²) in [5.41, 5.74) is 4.52. The van der Waals surface area contributed by atoms with E-state index in [-0.39, 0.29) is 17.7 Å². The standard InChI is InChI=1S/C27H29N3O2/c1-20-11-13-23(14-12-20)30-17-15-22(16-18-30)26(31)29-25-10-6-5-9-24(25)27(32)28-19-21-7-3-2-4-8-21/h2-14,22H,15-19H2,1H3,(H,28,32)(H,29,31). The first kappa shape index (κ1) is 21.6.